The van der Waals surface area contributed by atoms with E-state index < -0.39 is 6.03 Å². The van der Waals surface area contributed by atoms with Gasteiger partial charge in [-0.05, 0) is 29.7 Å². The van der Waals surface area contributed by atoms with Crippen LogP contribution in [0.1, 0.15) is 5.56 Å². The van der Waals surface area contributed by atoms with Gasteiger partial charge in [-0.15, -0.1) is 0 Å². The molecule has 2 aromatic carbocycles. The van der Waals surface area contributed by atoms with Crippen LogP contribution in [0.4, 0.5) is 10.5 Å². The maximum absolute atomic E-state index is 11.9. The molecule has 1 aromatic heterocycles. The summed E-state index contributed by atoms with van der Waals surface area (Å²) in [5.41, 5.74) is 3.83. The van der Waals surface area contributed by atoms with E-state index in [-0.39, 0.29) is 5.56 Å². The SMILES string of the molecule is O=C(N/N=C/c1cc2ccccc2[nH]c1=O)Nc1ccccc1. The number of nitrogens with zero attached hydrogens (tertiary/aromatic N) is 1. The number of fused-ring (bicyclic) bond motifs is 1. The lowest BCUT2D eigenvalue weighted by Crippen LogP contribution is -2.24. The number of hydrazone groups is 1. The first-order valence-electron chi connectivity index (χ1n) is 6.99. The zero-order valence-corrected chi connectivity index (χ0v) is 12.1. The van der Waals surface area contributed by atoms with Crippen LogP contribution in [0.3, 0.4) is 0 Å². The van der Waals surface area contributed by atoms with Crippen LogP contribution < -0.4 is 16.3 Å². The Morgan fingerprint density at radius 3 is 2.61 bits per heavy atom. The van der Waals surface area contributed by atoms with E-state index in [0.29, 0.717) is 11.3 Å². The van der Waals surface area contributed by atoms with Gasteiger partial charge in [-0.25, -0.2) is 10.2 Å². The molecule has 0 fully saturated rings. The van der Waals surface area contributed by atoms with Crippen molar-refractivity contribution in [3.05, 3.63) is 76.6 Å². The van der Waals surface area contributed by atoms with Gasteiger partial charge in [0, 0.05) is 11.2 Å². The highest BCUT2D eigenvalue weighted by Gasteiger charge is 2.01. The predicted molar refractivity (Wildman–Crippen MR) is 90.8 cm³/mol. The molecule has 23 heavy (non-hydrogen) atoms. The first-order valence-corrected chi connectivity index (χ1v) is 6.99. The molecule has 0 spiro atoms. The largest absolute Gasteiger partial charge is 0.339 e. The summed E-state index contributed by atoms with van der Waals surface area (Å²) in [5.74, 6) is 0. The van der Waals surface area contributed by atoms with Gasteiger partial charge in [-0.3, -0.25) is 4.79 Å². The smallest absolute Gasteiger partial charge is 0.321 e. The third kappa shape index (κ3) is 3.62. The second kappa shape index (κ2) is 6.57. The molecule has 0 saturated heterocycles. The fourth-order valence-electron chi connectivity index (χ4n) is 2.10. The summed E-state index contributed by atoms with van der Waals surface area (Å²) >= 11 is 0. The highest BCUT2D eigenvalue weighted by Crippen LogP contribution is 2.09. The third-order valence-electron chi connectivity index (χ3n) is 3.18. The summed E-state index contributed by atoms with van der Waals surface area (Å²) in [4.78, 5) is 26.4. The maximum Gasteiger partial charge on any atom is 0.339 e. The fourth-order valence-corrected chi connectivity index (χ4v) is 2.10. The second-order valence-corrected chi connectivity index (χ2v) is 4.83. The van der Waals surface area contributed by atoms with E-state index in [1.54, 1.807) is 18.2 Å². The first-order chi connectivity index (χ1) is 11.2. The van der Waals surface area contributed by atoms with Crippen molar-refractivity contribution in [3.8, 4) is 0 Å². The van der Waals surface area contributed by atoms with Gasteiger partial charge in [0.2, 0.25) is 0 Å². The van der Waals surface area contributed by atoms with Crippen molar-refractivity contribution >= 4 is 28.8 Å². The number of anilines is 1. The van der Waals surface area contributed by atoms with Crippen LogP contribution in [0.15, 0.2) is 70.6 Å². The zero-order valence-electron chi connectivity index (χ0n) is 12.1. The molecule has 3 N–H and O–H groups in total. The number of urea groups is 1. The van der Waals surface area contributed by atoms with Crippen molar-refractivity contribution in [2.45, 2.75) is 0 Å². The number of benzene rings is 2. The van der Waals surface area contributed by atoms with Gasteiger partial charge in [-0.2, -0.15) is 5.10 Å². The van der Waals surface area contributed by atoms with Crippen LogP contribution >= 0.6 is 0 Å². The standard InChI is InChI=1S/C17H14N4O2/c22-16-13(10-12-6-4-5-9-15(12)20-16)11-18-21-17(23)19-14-7-2-1-3-8-14/h1-11H,(H,20,22)(H2,19,21,23)/b18-11+. The molecule has 0 aliphatic heterocycles. The van der Waals surface area contributed by atoms with Crippen molar-refractivity contribution in [1.82, 2.24) is 10.4 Å². The van der Waals surface area contributed by atoms with Crippen LogP contribution in [0.25, 0.3) is 10.9 Å². The summed E-state index contributed by atoms with van der Waals surface area (Å²) in [6.45, 7) is 0. The molecule has 6 heteroatoms. The Kier molecular flexibility index (Phi) is 4.15. The maximum atomic E-state index is 11.9. The van der Waals surface area contributed by atoms with Gasteiger partial charge < -0.3 is 10.3 Å². The molecule has 0 aliphatic rings. The lowest BCUT2D eigenvalue weighted by atomic mass is 10.2. The summed E-state index contributed by atoms with van der Waals surface area (Å²) < 4.78 is 0. The highest BCUT2D eigenvalue weighted by molar-refractivity contribution is 5.91. The molecule has 0 radical (unpaired) electrons. The number of carbonyl (C=O) groups excluding carboxylic acids is 1. The Bertz CT molecular complexity index is 917. The summed E-state index contributed by atoms with van der Waals surface area (Å²) in [6.07, 6.45) is 1.32. The Labute approximate surface area is 131 Å². The number of rotatable bonds is 3. The Balaban J connectivity index is 1.69. The molecule has 0 bridgehead atoms. The van der Waals surface area contributed by atoms with E-state index in [9.17, 15) is 9.59 Å². The molecule has 3 rings (SSSR count). The molecular weight excluding hydrogens is 292 g/mol. The number of aromatic amines is 1. The molecule has 1 heterocycles. The first kappa shape index (κ1) is 14.5. The fraction of sp³-hybridized carbons (Fsp3) is 0. The minimum absolute atomic E-state index is 0.266. The molecule has 0 atom stereocenters. The van der Waals surface area contributed by atoms with Crippen LogP contribution in [-0.2, 0) is 0 Å². The summed E-state index contributed by atoms with van der Waals surface area (Å²) in [5, 5.41) is 7.31. The summed E-state index contributed by atoms with van der Waals surface area (Å²) in [7, 11) is 0. The number of hydrogen-bond acceptors (Lipinski definition) is 3. The van der Waals surface area contributed by atoms with Crippen LogP contribution in [-0.4, -0.2) is 17.2 Å². The molecule has 6 nitrogen and oxygen atoms in total. The third-order valence-corrected chi connectivity index (χ3v) is 3.18. The van der Waals surface area contributed by atoms with E-state index in [1.165, 1.54) is 6.21 Å². The molecule has 0 aliphatic carbocycles. The van der Waals surface area contributed by atoms with Crippen molar-refractivity contribution < 1.29 is 4.79 Å². The van der Waals surface area contributed by atoms with Gasteiger partial charge >= 0.3 is 6.03 Å². The van der Waals surface area contributed by atoms with E-state index in [0.717, 1.165) is 10.9 Å². The number of carbonyl (C=O) groups is 1. The van der Waals surface area contributed by atoms with Crippen molar-refractivity contribution in [2.24, 2.45) is 5.10 Å². The van der Waals surface area contributed by atoms with Gasteiger partial charge in [-0.1, -0.05) is 36.4 Å². The Morgan fingerprint density at radius 2 is 1.78 bits per heavy atom. The van der Waals surface area contributed by atoms with E-state index in [1.807, 2.05) is 42.5 Å². The number of nitrogens with one attached hydrogen (secondary N) is 3. The number of amides is 2. The van der Waals surface area contributed by atoms with E-state index >= 15 is 0 Å². The average molecular weight is 306 g/mol. The average Bonchev–Trinajstić information content (AvgIpc) is 2.56. The van der Waals surface area contributed by atoms with E-state index in [4.69, 9.17) is 0 Å². The monoisotopic (exact) mass is 306 g/mol. The number of H-pyrrole nitrogens is 1. The minimum Gasteiger partial charge on any atom is -0.321 e. The van der Waals surface area contributed by atoms with Crippen LogP contribution in [0.5, 0.6) is 0 Å². The normalized spacial score (nSPS) is 10.8. The highest BCUT2D eigenvalue weighted by atomic mass is 16.2. The Hall–Kier alpha value is -3.41. The number of hydrogen-bond donors (Lipinski definition) is 3. The van der Waals surface area contributed by atoms with Crippen molar-refractivity contribution in [2.75, 3.05) is 5.32 Å². The Morgan fingerprint density at radius 1 is 1.04 bits per heavy atom. The zero-order chi connectivity index (χ0) is 16.1. The van der Waals surface area contributed by atoms with Crippen molar-refractivity contribution in [3.63, 3.8) is 0 Å². The minimum atomic E-state index is -0.482. The lowest BCUT2D eigenvalue weighted by molar-refractivity contribution is 0.252. The predicted octanol–water partition coefficient (Wildman–Crippen LogP) is 2.68. The van der Waals surface area contributed by atoms with Crippen LogP contribution in [0, 0.1) is 0 Å². The van der Waals surface area contributed by atoms with Crippen LogP contribution in [0.2, 0.25) is 0 Å². The van der Waals surface area contributed by atoms with Gasteiger partial charge in [0.25, 0.3) is 5.56 Å². The van der Waals surface area contributed by atoms with Gasteiger partial charge in [0.05, 0.1) is 11.8 Å². The molecule has 2 amide bonds. The molecule has 0 saturated carbocycles. The number of pyridine rings is 1. The molecule has 0 unspecified atom stereocenters. The topological polar surface area (TPSA) is 86.3 Å². The number of para-hydroxylation sites is 2. The van der Waals surface area contributed by atoms with Gasteiger partial charge in [0.15, 0.2) is 0 Å². The molecular formula is C17H14N4O2. The quantitative estimate of drug-likeness (QED) is 0.513. The lowest BCUT2D eigenvalue weighted by Gasteiger charge is -2.03. The molecule has 3 aromatic rings. The van der Waals surface area contributed by atoms with E-state index in [2.05, 4.69) is 20.8 Å². The molecule has 114 valence electrons. The number of aromatic nitrogens is 1. The van der Waals surface area contributed by atoms with Gasteiger partial charge in [0.1, 0.15) is 0 Å². The second-order valence-electron chi connectivity index (χ2n) is 4.83. The van der Waals surface area contributed by atoms with Crippen molar-refractivity contribution in [1.29, 1.82) is 0 Å². The summed E-state index contributed by atoms with van der Waals surface area (Å²) in [6, 6.07) is 17.7.